The molecule has 14 heavy (non-hydrogen) atoms. The molecule has 0 atom stereocenters. The molecule has 0 saturated heterocycles. The van der Waals surface area contributed by atoms with Gasteiger partial charge in [-0.15, -0.1) is 0 Å². The molecule has 0 aromatic heterocycles. The zero-order valence-corrected chi connectivity index (χ0v) is 9.47. The number of hydrogen-bond acceptors (Lipinski definition) is 1. The van der Waals surface area contributed by atoms with E-state index >= 15 is 0 Å². The van der Waals surface area contributed by atoms with Crippen LogP contribution in [0.3, 0.4) is 0 Å². The summed E-state index contributed by atoms with van der Waals surface area (Å²) in [6.07, 6.45) is 1.52. The van der Waals surface area contributed by atoms with Gasteiger partial charge in [0.25, 0.3) is 0 Å². The average Bonchev–Trinajstić information content (AvgIpc) is 2.90. The van der Waals surface area contributed by atoms with E-state index in [2.05, 4.69) is 15.9 Å². The number of hydrogen-bond donors (Lipinski definition) is 1. The first kappa shape index (κ1) is 9.71. The molecule has 2 rings (SSSR count). The molecular weight excluding hydrogens is 244 g/mol. The molecule has 0 amide bonds. The molecule has 0 spiro atoms. The van der Waals surface area contributed by atoms with E-state index in [1.165, 1.54) is 0 Å². The van der Waals surface area contributed by atoms with E-state index in [1.807, 2.05) is 25.1 Å². The molecule has 0 radical (unpaired) electrons. The van der Waals surface area contributed by atoms with Crippen molar-refractivity contribution in [2.75, 3.05) is 0 Å². The van der Waals surface area contributed by atoms with Crippen LogP contribution >= 0.6 is 15.9 Å². The minimum Gasteiger partial charge on any atom is -0.481 e. The van der Waals surface area contributed by atoms with Crippen molar-refractivity contribution in [2.24, 2.45) is 0 Å². The van der Waals surface area contributed by atoms with Crippen LogP contribution in [0, 0.1) is 6.92 Å². The van der Waals surface area contributed by atoms with Crippen LogP contribution in [0.1, 0.15) is 24.0 Å². The second kappa shape index (κ2) is 3.09. The summed E-state index contributed by atoms with van der Waals surface area (Å²) in [6, 6.07) is 5.81. The minimum absolute atomic E-state index is 0.587. The highest BCUT2D eigenvalue weighted by atomic mass is 79.9. The third kappa shape index (κ3) is 1.36. The largest absolute Gasteiger partial charge is 0.481 e. The SMILES string of the molecule is Cc1ccc(C2(C(=O)O)CC2)cc1Br. The summed E-state index contributed by atoms with van der Waals surface area (Å²) in [5, 5.41) is 9.10. The molecule has 1 saturated carbocycles. The van der Waals surface area contributed by atoms with Gasteiger partial charge in [-0.05, 0) is 37.0 Å². The maximum absolute atomic E-state index is 11.1. The topological polar surface area (TPSA) is 37.3 Å². The molecule has 1 aliphatic rings. The first-order valence-electron chi connectivity index (χ1n) is 4.56. The summed E-state index contributed by atoms with van der Waals surface area (Å²) in [5.74, 6) is -0.701. The fraction of sp³-hybridized carbons (Fsp3) is 0.364. The maximum Gasteiger partial charge on any atom is 0.314 e. The van der Waals surface area contributed by atoms with Gasteiger partial charge in [-0.2, -0.15) is 0 Å². The molecule has 0 heterocycles. The minimum atomic E-state index is -0.701. The van der Waals surface area contributed by atoms with Crippen LogP contribution in [0.25, 0.3) is 0 Å². The molecule has 1 aliphatic carbocycles. The molecule has 0 unspecified atom stereocenters. The summed E-state index contributed by atoms with van der Waals surface area (Å²) in [5.41, 5.74) is 1.47. The molecule has 1 fully saturated rings. The van der Waals surface area contributed by atoms with Crippen molar-refractivity contribution in [1.29, 1.82) is 0 Å². The molecule has 1 N–H and O–H groups in total. The Labute approximate surface area is 91.1 Å². The summed E-state index contributed by atoms with van der Waals surface area (Å²) < 4.78 is 0.988. The summed E-state index contributed by atoms with van der Waals surface area (Å²) >= 11 is 3.42. The molecular formula is C11H11BrO2. The Morgan fingerprint density at radius 3 is 2.57 bits per heavy atom. The van der Waals surface area contributed by atoms with E-state index in [4.69, 9.17) is 5.11 Å². The number of halogens is 1. The Morgan fingerprint density at radius 2 is 2.14 bits per heavy atom. The lowest BCUT2D eigenvalue weighted by Gasteiger charge is -2.11. The van der Waals surface area contributed by atoms with Gasteiger partial charge < -0.3 is 5.11 Å². The van der Waals surface area contributed by atoms with Crippen LogP contribution in [-0.2, 0) is 10.2 Å². The molecule has 2 nitrogen and oxygen atoms in total. The third-order valence-electron chi connectivity index (χ3n) is 2.88. The van der Waals surface area contributed by atoms with Gasteiger partial charge in [0.2, 0.25) is 0 Å². The first-order chi connectivity index (χ1) is 6.56. The van der Waals surface area contributed by atoms with Gasteiger partial charge in [0.05, 0.1) is 5.41 Å². The Kier molecular flexibility index (Phi) is 2.14. The van der Waals surface area contributed by atoms with E-state index in [-0.39, 0.29) is 0 Å². The number of carboxylic acid groups (broad SMARTS) is 1. The lowest BCUT2D eigenvalue weighted by molar-refractivity contribution is -0.140. The number of carbonyl (C=O) groups is 1. The van der Waals surface area contributed by atoms with Crippen LogP contribution < -0.4 is 0 Å². The molecule has 74 valence electrons. The van der Waals surface area contributed by atoms with Crippen molar-refractivity contribution in [1.82, 2.24) is 0 Å². The highest BCUT2D eigenvalue weighted by molar-refractivity contribution is 9.10. The van der Waals surface area contributed by atoms with E-state index < -0.39 is 11.4 Å². The second-order valence-electron chi connectivity index (χ2n) is 3.85. The van der Waals surface area contributed by atoms with Crippen molar-refractivity contribution in [3.05, 3.63) is 33.8 Å². The van der Waals surface area contributed by atoms with Crippen LogP contribution in [0.4, 0.5) is 0 Å². The summed E-state index contributed by atoms with van der Waals surface area (Å²) in [4.78, 5) is 11.1. The summed E-state index contributed by atoms with van der Waals surface area (Å²) in [6.45, 7) is 1.99. The van der Waals surface area contributed by atoms with Gasteiger partial charge in [0.1, 0.15) is 0 Å². The number of aliphatic carboxylic acids is 1. The van der Waals surface area contributed by atoms with E-state index in [9.17, 15) is 4.79 Å². The third-order valence-corrected chi connectivity index (χ3v) is 3.74. The molecule has 0 aliphatic heterocycles. The quantitative estimate of drug-likeness (QED) is 0.882. The predicted molar refractivity (Wildman–Crippen MR) is 57.4 cm³/mol. The van der Waals surface area contributed by atoms with Crippen molar-refractivity contribution >= 4 is 21.9 Å². The highest BCUT2D eigenvalue weighted by Gasteiger charge is 2.51. The number of aryl methyl sites for hydroxylation is 1. The standard InChI is InChI=1S/C11H11BrO2/c1-7-2-3-8(6-9(7)12)11(4-5-11)10(13)14/h2-3,6H,4-5H2,1H3,(H,13,14). The monoisotopic (exact) mass is 254 g/mol. The second-order valence-corrected chi connectivity index (χ2v) is 4.71. The van der Waals surface area contributed by atoms with Gasteiger partial charge in [0.15, 0.2) is 0 Å². The van der Waals surface area contributed by atoms with Crippen LogP contribution in [0.2, 0.25) is 0 Å². The number of benzene rings is 1. The zero-order valence-electron chi connectivity index (χ0n) is 7.88. The first-order valence-corrected chi connectivity index (χ1v) is 5.35. The van der Waals surface area contributed by atoms with Crippen LogP contribution in [0.5, 0.6) is 0 Å². The highest BCUT2D eigenvalue weighted by Crippen LogP contribution is 2.49. The normalized spacial score (nSPS) is 17.9. The van der Waals surface area contributed by atoms with Crippen molar-refractivity contribution in [3.8, 4) is 0 Å². The van der Waals surface area contributed by atoms with Gasteiger partial charge in [-0.25, -0.2) is 0 Å². The maximum atomic E-state index is 11.1. The average molecular weight is 255 g/mol. The Morgan fingerprint density at radius 1 is 1.50 bits per heavy atom. The molecule has 1 aromatic rings. The van der Waals surface area contributed by atoms with Crippen LogP contribution in [-0.4, -0.2) is 11.1 Å². The predicted octanol–water partition coefficient (Wildman–Crippen LogP) is 2.87. The molecule has 1 aromatic carbocycles. The Balaban J connectivity index is 2.43. The van der Waals surface area contributed by atoms with Crippen molar-refractivity contribution < 1.29 is 9.90 Å². The fourth-order valence-corrected chi connectivity index (χ4v) is 2.02. The van der Waals surface area contributed by atoms with Crippen molar-refractivity contribution in [3.63, 3.8) is 0 Å². The number of carboxylic acids is 1. The lowest BCUT2D eigenvalue weighted by atomic mass is 9.95. The van der Waals surface area contributed by atoms with Crippen LogP contribution in [0.15, 0.2) is 22.7 Å². The Hall–Kier alpha value is -0.830. The fourth-order valence-electron chi connectivity index (χ4n) is 1.64. The van der Waals surface area contributed by atoms with Gasteiger partial charge in [-0.1, -0.05) is 28.1 Å². The summed E-state index contributed by atoms with van der Waals surface area (Å²) in [7, 11) is 0. The lowest BCUT2D eigenvalue weighted by Crippen LogP contribution is -2.19. The number of rotatable bonds is 2. The smallest absolute Gasteiger partial charge is 0.314 e. The molecule has 0 bridgehead atoms. The van der Waals surface area contributed by atoms with Gasteiger partial charge >= 0.3 is 5.97 Å². The molecule has 3 heteroatoms. The zero-order chi connectivity index (χ0) is 10.3. The van der Waals surface area contributed by atoms with Gasteiger partial charge in [-0.3, -0.25) is 4.79 Å². The van der Waals surface area contributed by atoms with E-state index in [0.717, 1.165) is 28.4 Å². The van der Waals surface area contributed by atoms with Gasteiger partial charge in [0, 0.05) is 4.47 Å². The van der Waals surface area contributed by atoms with E-state index in [1.54, 1.807) is 0 Å². The van der Waals surface area contributed by atoms with E-state index in [0.29, 0.717) is 0 Å². The van der Waals surface area contributed by atoms with Crippen molar-refractivity contribution in [2.45, 2.75) is 25.2 Å². The Bertz CT molecular complexity index is 394.